The Labute approximate surface area is 109 Å². The minimum absolute atomic E-state index is 0.0408. The van der Waals surface area contributed by atoms with Gasteiger partial charge in [0.2, 0.25) is 11.0 Å². The van der Waals surface area contributed by atoms with Gasteiger partial charge in [0, 0.05) is 5.92 Å². The molecule has 6 nitrogen and oxygen atoms in total. The van der Waals surface area contributed by atoms with Crippen LogP contribution in [-0.4, -0.2) is 28.2 Å². The molecule has 1 aromatic heterocycles. The Hall–Kier alpha value is -1.50. The van der Waals surface area contributed by atoms with Gasteiger partial charge in [0.25, 0.3) is 0 Å². The monoisotopic (exact) mass is 269 g/mol. The van der Waals surface area contributed by atoms with Gasteiger partial charge < -0.3 is 10.1 Å². The number of ether oxygens (including phenoxy) is 1. The first-order chi connectivity index (χ1) is 8.56. The lowest BCUT2D eigenvalue weighted by Crippen LogP contribution is -2.24. The van der Waals surface area contributed by atoms with E-state index >= 15 is 0 Å². The van der Waals surface area contributed by atoms with E-state index in [1.165, 1.54) is 11.3 Å². The highest BCUT2D eigenvalue weighted by Gasteiger charge is 2.34. The van der Waals surface area contributed by atoms with E-state index in [0.29, 0.717) is 18.0 Å². The van der Waals surface area contributed by atoms with Gasteiger partial charge in [0.15, 0.2) is 0 Å². The number of aromatic nitrogens is 2. The number of nitrogens with one attached hydrogen (secondary N) is 1. The molecule has 1 amide bonds. The molecule has 0 aromatic carbocycles. The molecular weight excluding hydrogens is 254 g/mol. The summed E-state index contributed by atoms with van der Waals surface area (Å²) in [4.78, 5) is 23.3. The zero-order chi connectivity index (χ0) is 13.1. The van der Waals surface area contributed by atoms with Crippen LogP contribution in [0, 0.1) is 11.8 Å². The standard InChI is InChI=1S/C11H15N3O3S/c1-6(3-8-4-7(2)17-10(8)16)9(15)13-11-14-12-5-18-11/h5-8H,3-4H2,1-2H3,(H,13,14,15)/t6-,7+,8-/m0/s1. The van der Waals surface area contributed by atoms with Gasteiger partial charge in [-0.1, -0.05) is 18.3 Å². The van der Waals surface area contributed by atoms with E-state index in [0.717, 1.165) is 0 Å². The Kier molecular flexibility index (Phi) is 3.90. The van der Waals surface area contributed by atoms with E-state index in [1.54, 1.807) is 12.4 Å². The molecule has 7 heteroatoms. The topological polar surface area (TPSA) is 81.2 Å². The lowest BCUT2D eigenvalue weighted by Gasteiger charge is -2.12. The van der Waals surface area contributed by atoms with Crippen molar-refractivity contribution in [3.8, 4) is 0 Å². The molecule has 0 spiro atoms. The van der Waals surface area contributed by atoms with Crippen molar-refractivity contribution in [2.75, 3.05) is 5.32 Å². The first-order valence-electron chi connectivity index (χ1n) is 5.83. The molecule has 1 N–H and O–H groups in total. The van der Waals surface area contributed by atoms with E-state index in [2.05, 4.69) is 15.5 Å². The number of esters is 1. The zero-order valence-corrected chi connectivity index (χ0v) is 11.1. The van der Waals surface area contributed by atoms with E-state index in [4.69, 9.17) is 4.74 Å². The van der Waals surface area contributed by atoms with Crippen molar-refractivity contribution < 1.29 is 14.3 Å². The number of carbonyl (C=O) groups is 2. The van der Waals surface area contributed by atoms with Crippen LogP contribution in [0.5, 0.6) is 0 Å². The van der Waals surface area contributed by atoms with Crippen LogP contribution in [0.1, 0.15) is 26.7 Å². The quantitative estimate of drug-likeness (QED) is 0.837. The lowest BCUT2D eigenvalue weighted by atomic mass is 9.93. The third-order valence-corrected chi connectivity index (χ3v) is 3.55. The predicted molar refractivity (Wildman–Crippen MR) is 66.0 cm³/mol. The normalized spacial score (nSPS) is 24.7. The number of hydrogen-bond acceptors (Lipinski definition) is 6. The second kappa shape index (κ2) is 5.43. The number of anilines is 1. The van der Waals surface area contributed by atoms with Crippen molar-refractivity contribution in [1.29, 1.82) is 0 Å². The van der Waals surface area contributed by atoms with Crippen LogP contribution in [0.3, 0.4) is 0 Å². The van der Waals surface area contributed by atoms with Gasteiger partial charge in [-0.2, -0.15) is 0 Å². The summed E-state index contributed by atoms with van der Waals surface area (Å²) >= 11 is 1.27. The molecule has 2 rings (SSSR count). The number of cyclic esters (lactones) is 1. The molecule has 1 fully saturated rings. The van der Waals surface area contributed by atoms with Gasteiger partial charge in [0.05, 0.1) is 12.0 Å². The van der Waals surface area contributed by atoms with Gasteiger partial charge >= 0.3 is 5.97 Å². The number of amides is 1. The van der Waals surface area contributed by atoms with Gasteiger partial charge in [-0.15, -0.1) is 10.2 Å². The van der Waals surface area contributed by atoms with Gasteiger partial charge in [-0.3, -0.25) is 9.59 Å². The molecule has 98 valence electrons. The highest BCUT2D eigenvalue weighted by molar-refractivity contribution is 7.13. The SMILES string of the molecule is C[C@@H]1C[C@H](C[C@H](C)C(=O)Nc2nncs2)C(=O)O1. The molecule has 0 aliphatic carbocycles. The van der Waals surface area contributed by atoms with E-state index in [1.807, 2.05) is 6.92 Å². The predicted octanol–water partition coefficient (Wildman–Crippen LogP) is 1.45. The molecule has 0 saturated carbocycles. The number of rotatable bonds is 4. The van der Waals surface area contributed by atoms with Crippen molar-refractivity contribution in [2.24, 2.45) is 11.8 Å². The highest BCUT2D eigenvalue weighted by atomic mass is 32.1. The maximum Gasteiger partial charge on any atom is 0.309 e. The Morgan fingerprint density at radius 2 is 2.50 bits per heavy atom. The molecule has 18 heavy (non-hydrogen) atoms. The smallest absolute Gasteiger partial charge is 0.309 e. The second-order valence-electron chi connectivity index (χ2n) is 4.55. The fourth-order valence-corrected chi connectivity index (χ4v) is 2.47. The summed E-state index contributed by atoms with van der Waals surface area (Å²) in [5.41, 5.74) is 1.55. The molecule has 1 aliphatic rings. The van der Waals surface area contributed by atoms with E-state index in [9.17, 15) is 9.59 Å². The van der Waals surface area contributed by atoms with Crippen molar-refractivity contribution in [3.63, 3.8) is 0 Å². The summed E-state index contributed by atoms with van der Waals surface area (Å²) in [6.45, 7) is 3.66. The average Bonchev–Trinajstić information content (AvgIpc) is 2.89. The largest absolute Gasteiger partial charge is 0.462 e. The highest BCUT2D eigenvalue weighted by Crippen LogP contribution is 2.27. The van der Waals surface area contributed by atoms with Crippen molar-refractivity contribution >= 4 is 28.3 Å². The van der Waals surface area contributed by atoms with Crippen LogP contribution < -0.4 is 5.32 Å². The van der Waals surface area contributed by atoms with E-state index < -0.39 is 0 Å². The van der Waals surface area contributed by atoms with Crippen LogP contribution in [0.4, 0.5) is 5.13 Å². The molecule has 0 bridgehead atoms. The van der Waals surface area contributed by atoms with Gasteiger partial charge in [-0.05, 0) is 19.8 Å². The summed E-state index contributed by atoms with van der Waals surface area (Å²) in [7, 11) is 0. The summed E-state index contributed by atoms with van der Waals surface area (Å²) in [6, 6.07) is 0. The fourth-order valence-electron chi connectivity index (χ4n) is 2.02. The Balaban J connectivity index is 1.86. The molecular formula is C11H15N3O3S. The Bertz CT molecular complexity index is 435. The Morgan fingerprint density at radius 1 is 1.72 bits per heavy atom. The van der Waals surface area contributed by atoms with Crippen molar-refractivity contribution in [1.82, 2.24) is 10.2 Å². The van der Waals surface area contributed by atoms with Crippen LogP contribution in [0.15, 0.2) is 5.51 Å². The lowest BCUT2D eigenvalue weighted by molar-refractivity contribution is -0.144. The fraction of sp³-hybridized carbons (Fsp3) is 0.636. The molecule has 3 atom stereocenters. The summed E-state index contributed by atoms with van der Waals surface area (Å²) < 4.78 is 5.07. The zero-order valence-electron chi connectivity index (χ0n) is 10.3. The van der Waals surface area contributed by atoms with Crippen LogP contribution in [0.2, 0.25) is 0 Å². The molecule has 1 aliphatic heterocycles. The summed E-state index contributed by atoms with van der Waals surface area (Å²) in [6.07, 6.45) is 1.16. The maximum absolute atomic E-state index is 11.9. The Morgan fingerprint density at radius 3 is 3.06 bits per heavy atom. The van der Waals surface area contributed by atoms with Crippen molar-refractivity contribution in [3.05, 3.63) is 5.51 Å². The molecule has 1 aromatic rings. The molecule has 2 heterocycles. The van der Waals surface area contributed by atoms with Crippen LogP contribution in [0.25, 0.3) is 0 Å². The minimum atomic E-state index is -0.253. The minimum Gasteiger partial charge on any atom is -0.462 e. The molecule has 0 unspecified atom stereocenters. The number of hydrogen-bond donors (Lipinski definition) is 1. The summed E-state index contributed by atoms with van der Waals surface area (Å²) in [5, 5.41) is 10.5. The van der Waals surface area contributed by atoms with E-state index in [-0.39, 0.29) is 29.8 Å². The van der Waals surface area contributed by atoms with Crippen LogP contribution in [-0.2, 0) is 14.3 Å². The van der Waals surface area contributed by atoms with Gasteiger partial charge in [0.1, 0.15) is 5.51 Å². The molecule has 1 saturated heterocycles. The van der Waals surface area contributed by atoms with Crippen molar-refractivity contribution in [2.45, 2.75) is 32.8 Å². The average molecular weight is 269 g/mol. The molecule has 0 radical (unpaired) electrons. The third kappa shape index (κ3) is 3.04. The van der Waals surface area contributed by atoms with Gasteiger partial charge in [-0.25, -0.2) is 0 Å². The second-order valence-corrected chi connectivity index (χ2v) is 5.38. The first kappa shape index (κ1) is 12.9. The third-order valence-electron chi connectivity index (χ3n) is 2.94. The number of carbonyl (C=O) groups excluding carboxylic acids is 2. The van der Waals surface area contributed by atoms with Crippen LogP contribution >= 0.6 is 11.3 Å². The summed E-state index contributed by atoms with van der Waals surface area (Å²) in [5.74, 6) is -0.760. The first-order valence-corrected chi connectivity index (χ1v) is 6.71. The number of nitrogens with zero attached hydrogens (tertiary/aromatic N) is 2. The maximum atomic E-state index is 11.9.